The largest absolute Gasteiger partial charge is 0.394 e. The number of rotatable bonds is 12. The average Bonchev–Trinajstić information content (AvgIpc) is 2.62. The first-order valence-electron chi connectivity index (χ1n) is 8.18. The van der Waals surface area contributed by atoms with Crippen LogP contribution in [0.4, 0.5) is 0 Å². The smallest absolute Gasteiger partial charge is 0.217 e. The molecule has 0 bridgehead atoms. The number of amides is 1. The Morgan fingerprint density at radius 1 is 1.19 bits per heavy atom. The second-order valence-corrected chi connectivity index (χ2v) is 5.48. The number of hydrogen-bond acceptors (Lipinski definition) is 9. The maximum atomic E-state index is 11.3. The number of azide groups is 1. The van der Waals surface area contributed by atoms with Gasteiger partial charge in [-0.15, -0.1) is 0 Å². The molecule has 4 N–H and O–H groups in total. The fourth-order valence-electron chi connectivity index (χ4n) is 2.31. The van der Waals surface area contributed by atoms with Crippen LogP contribution in [0.5, 0.6) is 0 Å². The third-order valence-electron chi connectivity index (χ3n) is 3.53. The van der Waals surface area contributed by atoms with E-state index in [4.69, 9.17) is 24.5 Å². The van der Waals surface area contributed by atoms with E-state index in [0.29, 0.717) is 19.8 Å². The van der Waals surface area contributed by atoms with Crippen LogP contribution in [0.3, 0.4) is 0 Å². The number of hydrogen-bond donors (Lipinski definition) is 4. The molecule has 1 amide bonds. The molecule has 12 heteroatoms. The lowest BCUT2D eigenvalue weighted by atomic mass is 9.97. The molecular formula is C14H26N4O8. The number of carbonyl (C=O) groups excluding carboxylic acids is 1. The Morgan fingerprint density at radius 3 is 2.46 bits per heavy atom. The first kappa shape index (κ1) is 22.5. The summed E-state index contributed by atoms with van der Waals surface area (Å²) in [6.07, 6.45) is -4.76. The molecular weight excluding hydrogens is 352 g/mol. The average molecular weight is 378 g/mol. The van der Waals surface area contributed by atoms with Crippen LogP contribution in [-0.2, 0) is 23.7 Å². The van der Waals surface area contributed by atoms with Crippen molar-refractivity contribution in [1.29, 1.82) is 0 Å². The molecule has 0 aromatic heterocycles. The van der Waals surface area contributed by atoms with Gasteiger partial charge >= 0.3 is 0 Å². The standard InChI is InChI=1S/C14H26N4O8/c1-9(20)17-11-13(22)12(21)10(8-19)26-14(11)25-7-6-24-5-4-23-3-2-16-18-15/h10-14,19,21-22H,2-8H2,1H3,(H,17,20)/t10?,11?,12-,13+,14+/m0/s1. The van der Waals surface area contributed by atoms with E-state index in [-0.39, 0.29) is 19.8 Å². The molecule has 0 spiro atoms. The van der Waals surface area contributed by atoms with E-state index in [1.54, 1.807) is 0 Å². The zero-order chi connectivity index (χ0) is 19.4. The Balaban J connectivity index is 2.30. The summed E-state index contributed by atoms with van der Waals surface area (Å²) in [6, 6.07) is -0.977. The topological polar surface area (TPSA) is 175 Å². The maximum absolute atomic E-state index is 11.3. The third kappa shape index (κ3) is 7.81. The van der Waals surface area contributed by atoms with Crippen LogP contribution in [0, 0.1) is 0 Å². The van der Waals surface area contributed by atoms with Crippen LogP contribution in [0.25, 0.3) is 10.4 Å². The van der Waals surface area contributed by atoms with E-state index in [1.807, 2.05) is 0 Å². The molecule has 0 aliphatic carbocycles. The molecule has 26 heavy (non-hydrogen) atoms. The van der Waals surface area contributed by atoms with Gasteiger partial charge in [-0.05, 0) is 5.53 Å². The van der Waals surface area contributed by atoms with Crippen molar-refractivity contribution in [2.75, 3.05) is 46.2 Å². The van der Waals surface area contributed by atoms with Crippen LogP contribution in [0.15, 0.2) is 5.11 Å². The van der Waals surface area contributed by atoms with Gasteiger partial charge in [0.05, 0.1) is 39.6 Å². The molecule has 1 fully saturated rings. The van der Waals surface area contributed by atoms with Gasteiger partial charge in [0.2, 0.25) is 5.91 Å². The van der Waals surface area contributed by atoms with Gasteiger partial charge in [-0.3, -0.25) is 4.79 Å². The maximum Gasteiger partial charge on any atom is 0.217 e. The van der Waals surface area contributed by atoms with E-state index in [1.165, 1.54) is 6.92 Å². The van der Waals surface area contributed by atoms with Crippen LogP contribution < -0.4 is 5.32 Å². The van der Waals surface area contributed by atoms with Gasteiger partial charge in [-0.25, -0.2) is 0 Å². The van der Waals surface area contributed by atoms with Crippen molar-refractivity contribution in [3.8, 4) is 0 Å². The van der Waals surface area contributed by atoms with Gasteiger partial charge in [0.1, 0.15) is 24.4 Å². The number of carbonyl (C=O) groups is 1. The van der Waals surface area contributed by atoms with E-state index >= 15 is 0 Å². The molecule has 150 valence electrons. The molecule has 1 aliphatic heterocycles. The highest BCUT2D eigenvalue weighted by Gasteiger charge is 2.45. The van der Waals surface area contributed by atoms with Crippen LogP contribution in [-0.4, -0.2) is 98.1 Å². The van der Waals surface area contributed by atoms with Gasteiger partial charge in [0, 0.05) is 18.4 Å². The fourth-order valence-corrected chi connectivity index (χ4v) is 2.31. The summed E-state index contributed by atoms with van der Waals surface area (Å²) in [5.41, 5.74) is 8.09. The van der Waals surface area contributed by atoms with Gasteiger partial charge < -0.3 is 39.6 Å². The van der Waals surface area contributed by atoms with Crippen molar-refractivity contribution in [2.45, 2.75) is 37.6 Å². The first-order chi connectivity index (χ1) is 12.5. The van der Waals surface area contributed by atoms with Crippen molar-refractivity contribution < 1.29 is 39.1 Å². The Hall–Kier alpha value is -1.50. The molecule has 0 saturated carbocycles. The minimum Gasteiger partial charge on any atom is -0.394 e. The summed E-state index contributed by atoms with van der Waals surface area (Å²) >= 11 is 0. The Morgan fingerprint density at radius 2 is 1.85 bits per heavy atom. The van der Waals surface area contributed by atoms with Gasteiger partial charge in [0.25, 0.3) is 0 Å². The summed E-state index contributed by atoms with van der Waals surface area (Å²) in [4.78, 5) is 13.9. The van der Waals surface area contributed by atoms with Crippen LogP contribution in [0.2, 0.25) is 0 Å². The highest BCUT2D eigenvalue weighted by atomic mass is 16.7. The Bertz CT molecular complexity index is 462. The Kier molecular flexibility index (Phi) is 11.1. The molecule has 0 aromatic carbocycles. The lowest BCUT2D eigenvalue weighted by Crippen LogP contribution is -2.64. The second kappa shape index (κ2) is 12.8. The number of aliphatic hydroxyl groups is 3. The number of nitrogens with one attached hydrogen (secondary N) is 1. The minimum absolute atomic E-state index is 0.0977. The second-order valence-electron chi connectivity index (χ2n) is 5.48. The summed E-state index contributed by atoms with van der Waals surface area (Å²) in [6.45, 7) is 2.25. The number of nitrogens with zero attached hydrogens (tertiary/aromatic N) is 3. The minimum atomic E-state index is -1.35. The van der Waals surface area contributed by atoms with Gasteiger partial charge in [-0.1, -0.05) is 5.11 Å². The molecule has 1 saturated heterocycles. The first-order valence-corrected chi connectivity index (χ1v) is 8.18. The summed E-state index contributed by atoms with van der Waals surface area (Å²) in [5.74, 6) is -0.421. The van der Waals surface area contributed by atoms with Crippen molar-refractivity contribution in [1.82, 2.24) is 5.32 Å². The molecule has 1 aliphatic rings. The summed E-state index contributed by atoms with van der Waals surface area (Å²) in [5, 5.41) is 35.0. The highest BCUT2D eigenvalue weighted by Crippen LogP contribution is 2.22. The Labute approximate surface area is 150 Å². The summed E-state index contributed by atoms with van der Waals surface area (Å²) in [7, 11) is 0. The van der Waals surface area contributed by atoms with Crippen molar-refractivity contribution >= 4 is 5.91 Å². The highest BCUT2D eigenvalue weighted by molar-refractivity contribution is 5.73. The van der Waals surface area contributed by atoms with Crippen molar-refractivity contribution in [3.63, 3.8) is 0 Å². The van der Waals surface area contributed by atoms with E-state index < -0.39 is 43.2 Å². The quantitative estimate of drug-likeness (QED) is 0.134. The van der Waals surface area contributed by atoms with Crippen LogP contribution >= 0.6 is 0 Å². The lowest BCUT2D eigenvalue weighted by Gasteiger charge is -2.42. The number of aliphatic hydroxyl groups excluding tert-OH is 3. The molecule has 1 rings (SSSR count). The number of ether oxygens (including phenoxy) is 4. The van der Waals surface area contributed by atoms with E-state index in [0.717, 1.165) is 0 Å². The predicted molar refractivity (Wildman–Crippen MR) is 87.0 cm³/mol. The zero-order valence-corrected chi connectivity index (χ0v) is 14.6. The third-order valence-corrected chi connectivity index (χ3v) is 3.53. The van der Waals surface area contributed by atoms with Gasteiger partial charge in [0.15, 0.2) is 6.29 Å². The van der Waals surface area contributed by atoms with Crippen molar-refractivity contribution in [3.05, 3.63) is 10.4 Å². The van der Waals surface area contributed by atoms with Crippen molar-refractivity contribution in [2.24, 2.45) is 5.11 Å². The normalized spacial score (nSPS) is 28.4. The molecule has 0 radical (unpaired) electrons. The lowest BCUT2D eigenvalue weighted by molar-refractivity contribution is -0.272. The van der Waals surface area contributed by atoms with Crippen LogP contribution in [0.1, 0.15) is 6.92 Å². The predicted octanol–water partition coefficient (Wildman–Crippen LogP) is -1.71. The molecule has 5 atom stereocenters. The monoisotopic (exact) mass is 378 g/mol. The fraction of sp³-hybridized carbons (Fsp3) is 0.929. The molecule has 1 heterocycles. The van der Waals surface area contributed by atoms with E-state index in [2.05, 4.69) is 15.3 Å². The van der Waals surface area contributed by atoms with Gasteiger partial charge in [-0.2, -0.15) is 0 Å². The summed E-state index contributed by atoms with van der Waals surface area (Å²) < 4.78 is 21.3. The molecule has 12 nitrogen and oxygen atoms in total. The SMILES string of the molecule is CC(=O)NC1[C@H](OCCOCCOCCN=[N+]=[N-])OC(CO)[C@H](O)[C@@H]1O. The molecule has 2 unspecified atom stereocenters. The zero-order valence-electron chi connectivity index (χ0n) is 14.6. The van der Waals surface area contributed by atoms with E-state index in [9.17, 15) is 20.1 Å². The molecule has 0 aromatic rings.